The Labute approximate surface area is 128 Å². The van der Waals surface area contributed by atoms with Gasteiger partial charge >= 0.3 is 6.61 Å². The van der Waals surface area contributed by atoms with E-state index in [-0.39, 0.29) is 18.3 Å². The Balaban J connectivity index is 2.90. The predicted octanol–water partition coefficient (Wildman–Crippen LogP) is 3.40. The normalized spacial score (nSPS) is 11.9. The van der Waals surface area contributed by atoms with Crippen molar-refractivity contribution in [3.63, 3.8) is 0 Å². The molecule has 0 atom stereocenters. The van der Waals surface area contributed by atoms with Crippen molar-refractivity contribution in [3.05, 3.63) is 28.8 Å². The van der Waals surface area contributed by atoms with Crippen molar-refractivity contribution in [2.45, 2.75) is 40.0 Å². The van der Waals surface area contributed by atoms with Crippen LogP contribution in [0.5, 0.6) is 5.75 Å². The van der Waals surface area contributed by atoms with Gasteiger partial charge in [-0.2, -0.15) is 8.78 Å². The van der Waals surface area contributed by atoms with Gasteiger partial charge in [0.25, 0.3) is 0 Å². The van der Waals surface area contributed by atoms with Crippen LogP contribution in [0.15, 0.2) is 23.2 Å². The number of guanidine groups is 1. The molecule has 0 heterocycles. The molecule has 0 saturated carbocycles. The number of hydrogen-bond donors (Lipinski definition) is 2. The largest absolute Gasteiger partial charge is 0.434 e. The highest BCUT2D eigenvalue weighted by molar-refractivity contribution is 6.30. The first-order valence-electron chi connectivity index (χ1n) is 6.70. The molecule has 0 fully saturated rings. The van der Waals surface area contributed by atoms with Crippen molar-refractivity contribution in [1.82, 2.24) is 10.6 Å². The van der Waals surface area contributed by atoms with Gasteiger partial charge in [0.1, 0.15) is 5.75 Å². The Bertz CT molecular complexity index is 481. The number of nitrogens with one attached hydrogen (secondary N) is 2. The van der Waals surface area contributed by atoms with E-state index in [0.29, 0.717) is 23.1 Å². The second-order valence-corrected chi connectivity index (χ2v) is 5.06. The van der Waals surface area contributed by atoms with E-state index in [1.165, 1.54) is 12.1 Å². The number of rotatable bonds is 6. The first-order chi connectivity index (χ1) is 9.92. The summed E-state index contributed by atoms with van der Waals surface area (Å²) in [5.41, 5.74) is 0.503. The van der Waals surface area contributed by atoms with E-state index in [9.17, 15) is 8.78 Å². The second-order valence-electron chi connectivity index (χ2n) is 4.62. The topological polar surface area (TPSA) is 45.7 Å². The van der Waals surface area contributed by atoms with Crippen LogP contribution in [0.25, 0.3) is 0 Å². The van der Waals surface area contributed by atoms with Crippen LogP contribution in [0.2, 0.25) is 5.02 Å². The van der Waals surface area contributed by atoms with Gasteiger partial charge in [-0.15, -0.1) is 0 Å². The van der Waals surface area contributed by atoms with E-state index in [0.717, 1.165) is 0 Å². The van der Waals surface area contributed by atoms with Crippen molar-refractivity contribution in [1.29, 1.82) is 0 Å². The molecule has 0 aliphatic carbocycles. The van der Waals surface area contributed by atoms with E-state index >= 15 is 0 Å². The maximum atomic E-state index is 12.4. The molecular weight excluding hydrogens is 300 g/mol. The molecule has 7 heteroatoms. The van der Waals surface area contributed by atoms with Crippen LogP contribution in [-0.2, 0) is 6.54 Å². The SMILES string of the molecule is CCNC(=NCc1cc(Cl)ccc1OC(F)F)NC(C)C. The van der Waals surface area contributed by atoms with Crippen molar-refractivity contribution in [3.8, 4) is 5.75 Å². The van der Waals surface area contributed by atoms with Gasteiger partial charge in [-0.05, 0) is 39.0 Å². The Morgan fingerprint density at radius 1 is 1.38 bits per heavy atom. The third-order valence-corrected chi connectivity index (χ3v) is 2.65. The summed E-state index contributed by atoms with van der Waals surface area (Å²) >= 11 is 5.89. The number of halogens is 3. The maximum absolute atomic E-state index is 12.4. The number of alkyl halides is 2. The van der Waals surface area contributed by atoms with Crippen LogP contribution in [0.1, 0.15) is 26.3 Å². The zero-order valence-corrected chi connectivity index (χ0v) is 13.0. The summed E-state index contributed by atoms with van der Waals surface area (Å²) in [5.74, 6) is 0.689. The van der Waals surface area contributed by atoms with E-state index in [2.05, 4.69) is 20.4 Å². The Morgan fingerprint density at radius 2 is 2.10 bits per heavy atom. The van der Waals surface area contributed by atoms with E-state index in [4.69, 9.17) is 11.6 Å². The van der Waals surface area contributed by atoms with Crippen molar-refractivity contribution in [2.24, 2.45) is 4.99 Å². The number of hydrogen-bond acceptors (Lipinski definition) is 2. The van der Waals surface area contributed by atoms with Crippen molar-refractivity contribution < 1.29 is 13.5 Å². The van der Waals surface area contributed by atoms with E-state index < -0.39 is 6.61 Å². The summed E-state index contributed by atoms with van der Waals surface area (Å²) in [4.78, 5) is 4.34. The van der Waals surface area contributed by atoms with Gasteiger partial charge in [0, 0.05) is 23.2 Å². The molecule has 21 heavy (non-hydrogen) atoms. The summed E-state index contributed by atoms with van der Waals surface area (Å²) < 4.78 is 29.2. The van der Waals surface area contributed by atoms with Crippen molar-refractivity contribution >= 4 is 17.6 Å². The van der Waals surface area contributed by atoms with Crippen LogP contribution in [0.3, 0.4) is 0 Å². The molecule has 0 aliphatic rings. The lowest BCUT2D eigenvalue weighted by atomic mass is 10.2. The molecule has 0 spiro atoms. The lowest BCUT2D eigenvalue weighted by Crippen LogP contribution is -2.41. The first kappa shape index (κ1) is 17.5. The fourth-order valence-electron chi connectivity index (χ4n) is 1.64. The number of aliphatic imine (C=N–C) groups is 1. The molecule has 1 aromatic rings. The molecule has 0 amide bonds. The number of ether oxygens (including phenoxy) is 1. The summed E-state index contributed by atoms with van der Waals surface area (Å²) in [5, 5.41) is 6.67. The smallest absolute Gasteiger partial charge is 0.387 e. The van der Waals surface area contributed by atoms with Gasteiger partial charge in [0.05, 0.1) is 6.54 Å². The minimum absolute atomic E-state index is 0.0820. The molecule has 0 radical (unpaired) electrons. The summed E-state index contributed by atoms with van der Waals surface area (Å²) in [6.45, 7) is 3.92. The fourth-order valence-corrected chi connectivity index (χ4v) is 1.83. The molecule has 0 aliphatic heterocycles. The molecule has 2 N–H and O–H groups in total. The Hall–Kier alpha value is -1.56. The highest BCUT2D eigenvalue weighted by Gasteiger charge is 2.10. The van der Waals surface area contributed by atoms with Gasteiger partial charge in [-0.25, -0.2) is 4.99 Å². The average molecular weight is 320 g/mol. The average Bonchev–Trinajstić information content (AvgIpc) is 2.38. The zero-order chi connectivity index (χ0) is 15.8. The third-order valence-electron chi connectivity index (χ3n) is 2.42. The Morgan fingerprint density at radius 3 is 2.67 bits per heavy atom. The molecule has 1 aromatic carbocycles. The first-order valence-corrected chi connectivity index (χ1v) is 7.08. The highest BCUT2D eigenvalue weighted by Crippen LogP contribution is 2.25. The second kappa shape index (κ2) is 8.67. The van der Waals surface area contributed by atoms with Crippen LogP contribution < -0.4 is 15.4 Å². The van der Waals surface area contributed by atoms with E-state index in [1.54, 1.807) is 6.07 Å². The lowest BCUT2D eigenvalue weighted by Gasteiger charge is -2.15. The van der Waals surface area contributed by atoms with Gasteiger partial charge < -0.3 is 15.4 Å². The zero-order valence-electron chi connectivity index (χ0n) is 12.3. The predicted molar refractivity (Wildman–Crippen MR) is 81.2 cm³/mol. The maximum Gasteiger partial charge on any atom is 0.387 e. The lowest BCUT2D eigenvalue weighted by molar-refractivity contribution is -0.0504. The van der Waals surface area contributed by atoms with Gasteiger partial charge in [-0.1, -0.05) is 11.6 Å². The van der Waals surface area contributed by atoms with Gasteiger partial charge in [0.15, 0.2) is 5.96 Å². The van der Waals surface area contributed by atoms with Gasteiger partial charge in [0.2, 0.25) is 0 Å². The molecule has 0 saturated heterocycles. The molecule has 4 nitrogen and oxygen atoms in total. The van der Waals surface area contributed by atoms with Crippen LogP contribution in [-0.4, -0.2) is 25.2 Å². The molecule has 0 unspecified atom stereocenters. The molecule has 1 rings (SSSR count). The minimum atomic E-state index is -2.88. The highest BCUT2D eigenvalue weighted by atomic mass is 35.5. The Kier molecular flexibility index (Phi) is 7.22. The fraction of sp³-hybridized carbons (Fsp3) is 0.500. The molecule has 0 aromatic heterocycles. The third kappa shape index (κ3) is 6.62. The summed E-state index contributed by atoms with van der Waals surface area (Å²) in [6, 6.07) is 4.70. The van der Waals surface area contributed by atoms with Crippen LogP contribution >= 0.6 is 11.6 Å². The van der Waals surface area contributed by atoms with Crippen molar-refractivity contribution in [2.75, 3.05) is 6.54 Å². The minimum Gasteiger partial charge on any atom is -0.434 e. The van der Waals surface area contributed by atoms with Crippen LogP contribution in [0, 0.1) is 0 Å². The van der Waals surface area contributed by atoms with Crippen LogP contribution in [0.4, 0.5) is 8.78 Å². The molecule has 118 valence electrons. The van der Waals surface area contributed by atoms with Gasteiger partial charge in [-0.3, -0.25) is 0 Å². The number of benzene rings is 1. The molecule has 0 bridgehead atoms. The monoisotopic (exact) mass is 319 g/mol. The number of nitrogens with zero attached hydrogens (tertiary/aromatic N) is 1. The van der Waals surface area contributed by atoms with E-state index in [1.807, 2.05) is 20.8 Å². The quantitative estimate of drug-likeness (QED) is 0.624. The summed E-state index contributed by atoms with van der Waals surface area (Å²) in [7, 11) is 0. The summed E-state index contributed by atoms with van der Waals surface area (Å²) in [6.07, 6.45) is 0. The standard InChI is InChI=1S/C14H20ClF2N3O/c1-4-18-14(20-9(2)3)19-8-10-7-11(15)5-6-12(10)21-13(16)17/h5-7,9,13H,4,8H2,1-3H3,(H2,18,19,20). The molecular formula is C14H20ClF2N3O.